The number of aromatic nitrogens is 2. The second-order valence-corrected chi connectivity index (χ2v) is 8.40. The van der Waals surface area contributed by atoms with E-state index in [2.05, 4.69) is 26.9 Å². The van der Waals surface area contributed by atoms with Gasteiger partial charge in [0.15, 0.2) is 0 Å². The van der Waals surface area contributed by atoms with Crippen molar-refractivity contribution in [2.75, 3.05) is 19.7 Å². The molecule has 1 atom stereocenters. The number of hydrogen-bond acceptors (Lipinski definition) is 5. The lowest BCUT2D eigenvalue weighted by Gasteiger charge is -2.40. The van der Waals surface area contributed by atoms with Crippen molar-refractivity contribution < 1.29 is 9.53 Å². The van der Waals surface area contributed by atoms with Crippen LogP contribution in [0.5, 0.6) is 0 Å². The van der Waals surface area contributed by atoms with E-state index in [1.807, 2.05) is 20.8 Å². The van der Waals surface area contributed by atoms with E-state index in [-0.39, 0.29) is 30.0 Å². The molecule has 1 unspecified atom stereocenters. The monoisotopic (exact) mass is 410 g/mol. The van der Waals surface area contributed by atoms with Gasteiger partial charge in [-0.3, -0.25) is 9.89 Å². The lowest BCUT2D eigenvalue weighted by Crippen LogP contribution is -2.43. The van der Waals surface area contributed by atoms with Crippen LogP contribution in [0.25, 0.3) is 0 Å². The van der Waals surface area contributed by atoms with Gasteiger partial charge in [0.1, 0.15) is 5.60 Å². The topological polar surface area (TPSA) is 79.0 Å². The molecular weight excluding hydrogens is 384 g/mol. The highest BCUT2D eigenvalue weighted by atomic mass is 35.5. The maximum absolute atomic E-state index is 12.9. The fraction of sp³-hybridized carbons (Fsp3) is 0.579. The summed E-state index contributed by atoms with van der Waals surface area (Å²) in [4.78, 5) is 14.9. The SMILES string of the molecule is Cc1n[nH]c(C)c1C(C)NC(=O)c1cc2c(s1)C1(CCNCC1)OCC2.Cl. The molecule has 4 heterocycles. The average Bonchev–Trinajstić information content (AvgIpc) is 3.20. The molecule has 0 radical (unpaired) electrons. The molecule has 3 N–H and O–H groups in total. The number of halogens is 1. The van der Waals surface area contributed by atoms with E-state index in [9.17, 15) is 4.79 Å². The van der Waals surface area contributed by atoms with Crippen LogP contribution >= 0.6 is 23.7 Å². The van der Waals surface area contributed by atoms with Crippen LogP contribution in [0.15, 0.2) is 6.07 Å². The van der Waals surface area contributed by atoms with Crippen LogP contribution in [-0.4, -0.2) is 35.8 Å². The van der Waals surface area contributed by atoms with Crippen molar-refractivity contribution in [2.45, 2.75) is 51.7 Å². The molecule has 2 aliphatic rings. The quantitative estimate of drug-likeness (QED) is 0.726. The maximum Gasteiger partial charge on any atom is 0.261 e. The fourth-order valence-electron chi connectivity index (χ4n) is 4.27. The van der Waals surface area contributed by atoms with E-state index in [0.29, 0.717) is 0 Å². The summed E-state index contributed by atoms with van der Waals surface area (Å²) in [6.07, 6.45) is 2.85. The van der Waals surface area contributed by atoms with Gasteiger partial charge in [0.2, 0.25) is 0 Å². The van der Waals surface area contributed by atoms with Crippen LogP contribution in [0.3, 0.4) is 0 Å². The minimum atomic E-state index is -0.189. The number of H-pyrrole nitrogens is 1. The van der Waals surface area contributed by atoms with Crippen molar-refractivity contribution in [3.05, 3.63) is 38.3 Å². The number of carbonyl (C=O) groups is 1. The van der Waals surface area contributed by atoms with Gasteiger partial charge in [-0.05, 0) is 64.8 Å². The maximum atomic E-state index is 12.9. The lowest BCUT2D eigenvalue weighted by molar-refractivity contribution is -0.0771. The highest BCUT2D eigenvalue weighted by Crippen LogP contribution is 2.44. The summed E-state index contributed by atoms with van der Waals surface area (Å²) in [6, 6.07) is 1.99. The van der Waals surface area contributed by atoms with E-state index in [0.717, 1.165) is 60.8 Å². The zero-order valence-electron chi connectivity index (χ0n) is 16.0. The van der Waals surface area contributed by atoms with E-state index < -0.39 is 0 Å². The molecule has 1 saturated heterocycles. The Bertz CT molecular complexity index is 806. The molecule has 2 aromatic rings. The van der Waals surface area contributed by atoms with Crippen molar-refractivity contribution >= 4 is 29.7 Å². The second kappa shape index (κ2) is 7.91. The number of rotatable bonds is 3. The molecule has 0 bridgehead atoms. The third-order valence-electron chi connectivity index (χ3n) is 5.57. The van der Waals surface area contributed by atoms with Crippen molar-refractivity contribution in [1.29, 1.82) is 0 Å². The molecule has 2 aliphatic heterocycles. The number of nitrogens with one attached hydrogen (secondary N) is 3. The van der Waals surface area contributed by atoms with Gasteiger partial charge in [0.05, 0.1) is 23.2 Å². The summed E-state index contributed by atoms with van der Waals surface area (Å²) in [5.74, 6) is -0.0130. The molecule has 1 amide bonds. The number of carbonyl (C=O) groups excluding carboxylic acids is 1. The van der Waals surface area contributed by atoms with E-state index in [1.165, 1.54) is 10.4 Å². The van der Waals surface area contributed by atoms with Crippen molar-refractivity contribution in [3.8, 4) is 0 Å². The van der Waals surface area contributed by atoms with Gasteiger partial charge >= 0.3 is 0 Å². The fourth-order valence-corrected chi connectivity index (χ4v) is 5.59. The predicted octanol–water partition coefficient (Wildman–Crippen LogP) is 3.15. The first-order chi connectivity index (χ1) is 12.5. The second-order valence-electron chi connectivity index (χ2n) is 7.35. The van der Waals surface area contributed by atoms with Crippen LogP contribution in [0.2, 0.25) is 0 Å². The van der Waals surface area contributed by atoms with Gasteiger partial charge in [0, 0.05) is 16.1 Å². The zero-order valence-corrected chi connectivity index (χ0v) is 17.6. The third-order valence-corrected chi connectivity index (χ3v) is 6.93. The van der Waals surface area contributed by atoms with E-state index in [1.54, 1.807) is 11.3 Å². The lowest BCUT2D eigenvalue weighted by atomic mass is 9.86. The highest BCUT2D eigenvalue weighted by molar-refractivity contribution is 7.14. The van der Waals surface area contributed by atoms with Gasteiger partial charge in [-0.25, -0.2) is 0 Å². The molecule has 6 nitrogen and oxygen atoms in total. The Labute approximate surface area is 169 Å². The minimum absolute atomic E-state index is 0. The summed E-state index contributed by atoms with van der Waals surface area (Å²) in [5, 5.41) is 13.8. The standard InChI is InChI=1S/C19H26N4O2S.ClH/c1-11(16-12(2)22-23-13(16)3)21-18(24)15-10-14-4-9-25-19(17(14)26-15)5-7-20-8-6-19;/h10-11,20H,4-9H2,1-3H3,(H,21,24)(H,22,23);1H. The number of aryl methyl sites for hydroxylation is 2. The Hall–Kier alpha value is -1.41. The Morgan fingerprint density at radius 1 is 1.37 bits per heavy atom. The molecule has 148 valence electrons. The summed E-state index contributed by atoms with van der Waals surface area (Å²) in [6.45, 7) is 8.63. The Morgan fingerprint density at radius 2 is 2.11 bits per heavy atom. The Morgan fingerprint density at radius 3 is 2.78 bits per heavy atom. The molecule has 0 saturated carbocycles. The molecule has 1 spiro atoms. The van der Waals surface area contributed by atoms with Crippen LogP contribution in [0, 0.1) is 13.8 Å². The van der Waals surface area contributed by atoms with Gasteiger partial charge in [-0.15, -0.1) is 23.7 Å². The van der Waals surface area contributed by atoms with Gasteiger partial charge in [-0.1, -0.05) is 0 Å². The number of hydrogen-bond donors (Lipinski definition) is 3. The smallest absolute Gasteiger partial charge is 0.261 e. The number of piperidine rings is 1. The number of ether oxygens (including phenoxy) is 1. The number of nitrogens with zero attached hydrogens (tertiary/aromatic N) is 1. The molecule has 8 heteroatoms. The highest BCUT2D eigenvalue weighted by Gasteiger charge is 2.41. The first-order valence-corrected chi connectivity index (χ1v) is 10.1. The molecule has 2 aromatic heterocycles. The number of thiophene rings is 1. The number of amides is 1. The molecule has 0 aliphatic carbocycles. The number of aromatic amines is 1. The first kappa shape index (κ1) is 20.3. The van der Waals surface area contributed by atoms with Gasteiger partial charge < -0.3 is 15.4 Å². The average molecular weight is 411 g/mol. The molecule has 1 fully saturated rings. The summed E-state index contributed by atoms with van der Waals surface area (Å²) in [7, 11) is 0. The van der Waals surface area contributed by atoms with E-state index in [4.69, 9.17) is 4.74 Å². The summed E-state index contributed by atoms with van der Waals surface area (Å²) >= 11 is 1.61. The minimum Gasteiger partial charge on any atom is -0.369 e. The number of fused-ring (bicyclic) bond motifs is 2. The van der Waals surface area contributed by atoms with Crippen LogP contribution < -0.4 is 10.6 Å². The Kier molecular flexibility index (Phi) is 5.96. The molecule has 4 rings (SSSR count). The van der Waals surface area contributed by atoms with Gasteiger partial charge in [0.25, 0.3) is 5.91 Å². The Balaban J connectivity index is 0.00000210. The molecule has 0 aromatic carbocycles. The normalized spacial score (nSPS) is 19.2. The van der Waals surface area contributed by atoms with Crippen LogP contribution in [-0.2, 0) is 16.8 Å². The summed E-state index contributed by atoms with van der Waals surface area (Å²) in [5.41, 5.74) is 4.10. The van der Waals surface area contributed by atoms with Crippen molar-refractivity contribution in [3.63, 3.8) is 0 Å². The predicted molar refractivity (Wildman–Crippen MR) is 109 cm³/mol. The third kappa shape index (κ3) is 3.66. The molecule has 27 heavy (non-hydrogen) atoms. The zero-order chi connectivity index (χ0) is 18.3. The first-order valence-electron chi connectivity index (χ1n) is 9.30. The van der Waals surface area contributed by atoms with Crippen molar-refractivity contribution in [1.82, 2.24) is 20.8 Å². The summed E-state index contributed by atoms with van der Waals surface area (Å²) < 4.78 is 6.22. The van der Waals surface area contributed by atoms with Crippen molar-refractivity contribution in [2.24, 2.45) is 0 Å². The van der Waals surface area contributed by atoms with Crippen LogP contribution in [0.4, 0.5) is 0 Å². The van der Waals surface area contributed by atoms with Gasteiger partial charge in [-0.2, -0.15) is 5.10 Å². The molecular formula is C19H27ClN4O2S. The van der Waals surface area contributed by atoms with Crippen LogP contribution in [0.1, 0.15) is 62.9 Å². The van der Waals surface area contributed by atoms with E-state index >= 15 is 0 Å². The largest absolute Gasteiger partial charge is 0.369 e.